The molecule has 1 saturated heterocycles. The van der Waals surface area contributed by atoms with Crippen molar-refractivity contribution in [3.05, 3.63) is 18.2 Å². The summed E-state index contributed by atoms with van der Waals surface area (Å²) in [6.07, 6.45) is -3.65. The predicted molar refractivity (Wildman–Crippen MR) is 67.7 cm³/mol. The van der Waals surface area contributed by atoms with Gasteiger partial charge in [-0.25, -0.2) is 0 Å². The Morgan fingerprint density at radius 3 is 2.71 bits per heavy atom. The van der Waals surface area contributed by atoms with Gasteiger partial charge in [-0.2, -0.15) is 0 Å². The third-order valence-corrected chi connectivity index (χ3v) is 3.30. The van der Waals surface area contributed by atoms with Crippen molar-refractivity contribution < 1.29 is 32.7 Å². The molecule has 21 heavy (non-hydrogen) atoms. The van der Waals surface area contributed by atoms with Crippen molar-refractivity contribution in [1.29, 1.82) is 0 Å². The number of anilines is 1. The van der Waals surface area contributed by atoms with E-state index in [-0.39, 0.29) is 17.4 Å². The van der Waals surface area contributed by atoms with Crippen molar-refractivity contribution in [2.45, 2.75) is 6.29 Å². The lowest BCUT2D eigenvalue weighted by Crippen LogP contribution is -3.15. The van der Waals surface area contributed by atoms with Crippen LogP contribution in [-0.2, 0) is 9.53 Å². The highest BCUT2D eigenvalue weighted by Gasteiger charge is 2.43. The normalized spacial score (nSPS) is 20.3. The smallest absolute Gasteiger partial charge is 0.395 e. The number of rotatable bonds is 3. The van der Waals surface area contributed by atoms with Gasteiger partial charge < -0.3 is 24.4 Å². The highest BCUT2D eigenvalue weighted by Crippen LogP contribution is 2.42. The first-order valence-corrected chi connectivity index (χ1v) is 6.63. The number of nitrogens with one attached hydrogen (secondary N) is 2. The number of hydrogen-bond donors (Lipinski definition) is 2. The average molecular weight is 301 g/mol. The topological polar surface area (TPSA) is 61.2 Å². The molecule has 1 aromatic rings. The molecule has 6 nitrogen and oxygen atoms in total. The van der Waals surface area contributed by atoms with E-state index in [1.165, 1.54) is 18.2 Å². The number of carbonyl (C=O) groups excluding carboxylic acids is 1. The lowest BCUT2D eigenvalue weighted by atomic mass is 10.2. The molecule has 0 aliphatic carbocycles. The highest BCUT2D eigenvalue weighted by atomic mass is 19.3. The van der Waals surface area contributed by atoms with Crippen LogP contribution in [0.1, 0.15) is 0 Å². The van der Waals surface area contributed by atoms with Crippen molar-refractivity contribution in [2.24, 2.45) is 0 Å². The Hall–Kier alpha value is -1.93. The molecule has 2 N–H and O–H groups in total. The average Bonchev–Trinajstić information content (AvgIpc) is 2.73. The van der Waals surface area contributed by atoms with Gasteiger partial charge in [0.2, 0.25) is 0 Å². The van der Waals surface area contributed by atoms with Gasteiger partial charge in [-0.05, 0) is 12.1 Å². The maximum atomic E-state index is 12.9. The van der Waals surface area contributed by atoms with Gasteiger partial charge in [0.05, 0.1) is 13.2 Å². The van der Waals surface area contributed by atoms with Gasteiger partial charge in [-0.3, -0.25) is 4.79 Å². The molecular formula is C13H15F2N2O4+. The first-order chi connectivity index (χ1) is 10.0. The van der Waals surface area contributed by atoms with Crippen molar-refractivity contribution >= 4 is 11.6 Å². The SMILES string of the molecule is O=C(C[NH+]1CCOCC1)Nc1ccc2c(c1)OC(F)(F)O2. The zero-order valence-corrected chi connectivity index (χ0v) is 11.2. The molecule has 8 heteroatoms. The Bertz CT molecular complexity index is 547. The van der Waals surface area contributed by atoms with Crippen LogP contribution in [0, 0.1) is 0 Å². The number of fused-ring (bicyclic) bond motifs is 1. The molecule has 2 aliphatic heterocycles. The molecule has 0 spiro atoms. The minimum absolute atomic E-state index is 0.0446. The third kappa shape index (κ3) is 3.40. The number of halogens is 2. The van der Waals surface area contributed by atoms with Crippen LogP contribution in [0.15, 0.2) is 18.2 Å². The van der Waals surface area contributed by atoms with E-state index in [1.807, 2.05) is 0 Å². The van der Waals surface area contributed by atoms with Crippen LogP contribution in [0.25, 0.3) is 0 Å². The molecular weight excluding hydrogens is 286 g/mol. The van der Waals surface area contributed by atoms with Crippen LogP contribution >= 0.6 is 0 Å². The van der Waals surface area contributed by atoms with E-state index in [1.54, 1.807) is 0 Å². The molecule has 2 aliphatic rings. The maximum Gasteiger partial charge on any atom is 0.586 e. The van der Waals surface area contributed by atoms with Gasteiger partial charge in [0.25, 0.3) is 5.91 Å². The summed E-state index contributed by atoms with van der Waals surface area (Å²) < 4.78 is 39.6. The largest absolute Gasteiger partial charge is 0.586 e. The number of hydrogen-bond acceptors (Lipinski definition) is 4. The fourth-order valence-corrected chi connectivity index (χ4v) is 2.30. The fourth-order valence-electron chi connectivity index (χ4n) is 2.30. The van der Waals surface area contributed by atoms with Gasteiger partial charge in [-0.15, -0.1) is 8.78 Å². The third-order valence-electron chi connectivity index (χ3n) is 3.30. The van der Waals surface area contributed by atoms with Crippen LogP contribution in [-0.4, -0.2) is 45.0 Å². The van der Waals surface area contributed by atoms with E-state index in [2.05, 4.69) is 14.8 Å². The van der Waals surface area contributed by atoms with Gasteiger partial charge >= 0.3 is 6.29 Å². The van der Waals surface area contributed by atoms with Crippen molar-refractivity contribution in [3.63, 3.8) is 0 Å². The number of ether oxygens (including phenoxy) is 3. The first kappa shape index (κ1) is 14.0. The fraction of sp³-hybridized carbons (Fsp3) is 0.462. The van der Waals surface area contributed by atoms with Crippen LogP contribution in [0.4, 0.5) is 14.5 Å². The first-order valence-electron chi connectivity index (χ1n) is 6.63. The Labute approximate surface area is 119 Å². The Balaban J connectivity index is 1.59. The van der Waals surface area contributed by atoms with E-state index < -0.39 is 6.29 Å². The summed E-state index contributed by atoms with van der Waals surface area (Å²) >= 11 is 0. The quantitative estimate of drug-likeness (QED) is 0.816. The number of morpholine rings is 1. The molecule has 1 fully saturated rings. The number of alkyl halides is 2. The zero-order chi connectivity index (χ0) is 14.9. The van der Waals surface area contributed by atoms with E-state index in [9.17, 15) is 13.6 Å². The molecule has 1 amide bonds. The van der Waals surface area contributed by atoms with Crippen LogP contribution in [0.5, 0.6) is 11.5 Å². The molecule has 0 saturated carbocycles. The Morgan fingerprint density at radius 1 is 1.24 bits per heavy atom. The van der Waals surface area contributed by atoms with Gasteiger partial charge in [-0.1, -0.05) is 0 Å². The van der Waals surface area contributed by atoms with Gasteiger partial charge in [0.1, 0.15) is 13.1 Å². The summed E-state index contributed by atoms with van der Waals surface area (Å²) in [6.45, 7) is 3.15. The monoisotopic (exact) mass is 301 g/mol. The second kappa shape index (κ2) is 5.45. The summed E-state index contributed by atoms with van der Waals surface area (Å²) in [5.41, 5.74) is 0.396. The summed E-state index contributed by atoms with van der Waals surface area (Å²) in [6, 6.07) is 4.16. The molecule has 0 aromatic heterocycles. The summed E-state index contributed by atoms with van der Waals surface area (Å²) in [5, 5.41) is 2.67. The molecule has 0 bridgehead atoms. The molecule has 3 rings (SSSR count). The van der Waals surface area contributed by atoms with Crippen molar-refractivity contribution in [3.8, 4) is 11.5 Å². The van der Waals surface area contributed by atoms with E-state index >= 15 is 0 Å². The summed E-state index contributed by atoms with van der Waals surface area (Å²) in [4.78, 5) is 13.0. The van der Waals surface area contributed by atoms with Crippen molar-refractivity contribution in [1.82, 2.24) is 0 Å². The second-order valence-electron chi connectivity index (χ2n) is 4.92. The number of quaternary nitrogens is 1. The summed E-state index contributed by atoms with van der Waals surface area (Å²) in [7, 11) is 0. The lowest BCUT2D eigenvalue weighted by Gasteiger charge is -2.23. The highest BCUT2D eigenvalue weighted by molar-refractivity contribution is 5.91. The molecule has 0 radical (unpaired) electrons. The number of benzene rings is 1. The minimum Gasteiger partial charge on any atom is -0.395 e. The number of carbonyl (C=O) groups is 1. The molecule has 114 valence electrons. The van der Waals surface area contributed by atoms with E-state index in [0.717, 1.165) is 18.0 Å². The summed E-state index contributed by atoms with van der Waals surface area (Å²) in [5.74, 6) is -0.314. The Morgan fingerprint density at radius 2 is 1.95 bits per heavy atom. The van der Waals surface area contributed by atoms with Crippen LogP contribution in [0.3, 0.4) is 0 Å². The number of amides is 1. The van der Waals surface area contributed by atoms with Gasteiger partial charge in [0.15, 0.2) is 18.0 Å². The molecule has 0 unspecified atom stereocenters. The van der Waals surface area contributed by atoms with Crippen molar-refractivity contribution in [2.75, 3.05) is 38.2 Å². The minimum atomic E-state index is -3.65. The van der Waals surface area contributed by atoms with Crippen LogP contribution in [0.2, 0.25) is 0 Å². The maximum absolute atomic E-state index is 12.9. The van der Waals surface area contributed by atoms with E-state index in [4.69, 9.17) is 4.74 Å². The molecule has 1 aromatic carbocycles. The zero-order valence-electron chi connectivity index (χ0n) is 11.2. The standard InChI is InChI=1S/C13H14F2N2O4/c14-13(15)20-10-2-1-9(7-11(10)21-13)16-12(18)8-17-3-5-19-6-4-17/h1-2,7H,3-6,8H2,(H,16,18)/p+1. The molecule has 2 heterocycles. The second-order valence-corrected chi connectivity index (χ2v) is 4.92. The van der Waals surface area contributed by atoms with Crippen LogP contribution < -0.4 is 19.7 Å². The van der Waals surface area contributed by atoms with E-state index in [0.29, 0.717) is 25.4 Å². The predicted octanol–water partition coefficient (Wildman–Crippen LogP) is -0.138. The molecule has 0 atom stereocenters. The lowest BCUT2D eigenvalue weighted by molar-refractivity contribution is -0.899. The van der Waals surface area contributed by atoms with Gasteiger partial charge in [0, 0.05) is 11.8 Å². The Kier molecular flexibility index (Phi) is 3.64.